The standard InChI is InChI=1S/C24H22FN3O2/c1-16-5-8-19(9-6-16)23(29)28-12-11-18-10-7-17(13-22(18)28)15-26-24(30)27-21-4-2-3-20(25)14-21/h2-10,13-14H,11-12,15H2,1H3,(H2,26,27,30). The lowest BCUT2D eigenvalue weighted by Gasteiger charge is -2.18. The van der Waals surface area contributed by atoms with Crippen LogP contribution >= 0.6 is 0 Å². The number of hydrogen-bond acceptors (Lipinski definition) is 2. The number of halogens is 1. The van der Waals surface area contributed by atoms with Gasteiger partial charge >= 0.3 is 6.03 Å². The molecule has 0 saturated carbocycles. The molecule has 0 aliphatic carbocycles. The van der Waals surface area contributed by atoms with Crippen LogP contribution in [-0.2, 0) is 13.0 Å². The van der Waals surface area contributed by atoms with Crippen molar-refractivity contribution in [2.24, 2.45) is 0 Å². The van der Waals surface area contributed by atoms with E-state index >= 15 is 0 Å². The fraction of sp³-hybridized carbons (Fsp3) is 0.167. The molecule has 30 heavy (non-hydrogen) atoms. The number of hydrogen-bond donors (Lipinski definition) is 2. The van der Waals surface area contributed by atoms with Gasteiger partial charge in [-0.15, -0.1) is 0 Å². The van der Waals surface area contributed by atoms with Crippen molar-refractivity contribution in [1.29, 1.82) is 0 Å². The highest BCUT2D eigenvalue weighted by atomic mass is 19.1. The topological polar surface area (TPSA) is 61.4 Å². The molecule has 1 heterocycles. The molecule has 152 valence electrons. The first-order valence-electron chi connectivity index (χ1n) is 9.80. The summed E-state index contributed by atoms with van der Waals surface area (Å²) >= 11 is 0. The van der Waals surface area contributed by atoms with E-state index in [2.05, 4.69) is 10.6 Å². The van der Waals surface area contributed by atoms with Gasteiger partial charge in [0.25, 0.3) is 5.91 Å². The Morgan fingerprint density at radius 3 is 2.60 bits per heavy atom. The Morgan fingerprint density at radius 1 is 1.03 bits per heavy atom. The van der Waals surface area contributed by atoms with E-state index in [1.54, 1.807) is 11.0 Å². The van der Waals surface area contributed by atoms with Crippen molar-refractivity contribution in [2.75, 3.05) is 16.8 Å². The van der Waals surface area contributed by atoms with E-state index in [1.165, 1.54) is 18.2 Å². The third kappa shape index (κ3) is 4.33. The second-order valence-electron chi connectivity index (χ2n) is 7.35. The lowest BCUT2D eigenvalue weighted by Crippen LogP contribution is -2.29. The van der Waals surface area contributed by atoms with Crippen molar-refractivity contribution in [3.63, 3.8) is 0 Å². The summed E-state index contributed by atoms with van der Waals surface area (Å²) in [4.78, 5) is 26.8. The lowest BCUT2D eigenvalue weighted by molar-refractivity contribution is 0.0989. The van der Waals surface area contributed by atoms with Gasteiger partial charge < -0.3 is 15.5 Å². The molecule has 1 aliphatic heterocycles. The van der Waals surface area contributed by atoms with Crippen LogP contribution in [0.4, 0.5) is 20.6 Å². The van der Waals surface area contributed by atoms with Gasteiger partial charge in [0, 0.05) is 30.0 Å². The molecular weight excluding hydrogens is 381 g/mol. The normalized spacial score (nSPS) is 12.4. The summed E-state index contributed by atoms with van der Waals surface area (Å²) < 4.78 is 13.2. The number of carbonyl (C=O) groups is 2. The molecule has 4 rings (SSSR count). The number of nitrogens with zero attached hydrogens (tertiary/aromatic N) is 1. The zero-order valence-corrected chi connectivity index (χ0v) is 16.6. The van der Waals surface area contributed by atoms with Gasteiger partial charge in [0.05, 0.1) is 0 Å². The number of carbonyl (C=O) groups excluding carboxylic acids is 2. The number of urea groups is 1. The maximum absolute atomic E-state index is 13.2. The Balaban J connectivity index is 1.43. The number of aryl methyl sites for hydroxylation is 1. The van der Waals surface area contributed by atoms with Crippen LogP contribution in [0.1, 0.15) is 27.0 Å². The van der Waals surface area contributed by atoms with Crippen LogP contribution in [0.25, 0.3) is 0 Å². The van der Waals surface area contributed by atoms with Crippen LogP contribution in [-0.4, -0.2) is 18.5 Å². The van der Waals surface area contributed by atoms with Gasteiger partial charge in [-0.3, -0.25) is 4.79 Å². The van der Waals surface area contributed by atoms with Crippen molar-refractivity contribution in [2.45, 2.75) is 19.9 Å². The second-order valence-corrected chi connectivity index (χ2v) is 7.35. The second kappa shape index (κ2) is 8.37. The summed E-state index contributed by atoms with van der Waals surface area (Å²) in [6.45, 7) is 2.92. The quantitative estimate of drug-likeness (QED) is 0.666. The van der Waals surface area contributed by atoms with E-state index in [1.807, 2.05) is 49.4 Å². The molecule has 3 aromatic carbocycles. The van der Waals surface area contributed by atoms with E-state index in [0.717, 1.165) is 28.8 Å². The zero-order valence-electron chi connectivity index (χ0n) is 16.6. The van der Waals surface area contributed by atoms with Crippen LogP contribution in [0.3, 0.4) is 0 Å². The first-order chi connectivity index (χ1) is 14.5. The average molecular weight is 403 g/mol. The molecule has 0 spiro atoms. The molecule has 0 fully saturated rings. The number of benzene rings is 3. The average Bonchev–Trinajstić information content (AvgIpc) is 3.15. The minimum Gasteiger partial charge on any atom is -0.334 e. The van der Waals surface area contributed by atoms with Gasteiger partial charge in [-0.25, -0.2) is 9.18 Å². The highest BCUT2D eigenvalue weighted by molar-refractivity contribution is 6.07. The Bertz CT molecular complexity index is 1100. The summed E-state index contributed by atoms with van der Waals surface area (Å²) in [5, 5.41) is 5.37. The van der Waals surface area contributed by atoms with Gasteiger partial charge in [0.15, 0.2) is 0 Å². The van der Waals surface area contributed by atoms with Gasteiger partial charge in [-0.2, -0.15) is 0 Å². The number of fused-ring (bicyclic) bond motifs is 1. The Labute approximate surface area is 174 Å². The van der Waals surface area contributed by atoms with Crippen molar-refractivity contribution in [3.8, 4) is 0 Å². The zero-order chi connectivity index (χ0) is 21.1. The summed E-state index contributed by atoms with van der Waals surface area (Å²) in [5.41, 5.74) is 5.03. The fourth-order valence-electron chi connectivity index (χ4n) is 3.52. The van der Waals surface area contributed by atoms with Crippen LogP contribution < -0.4 is 15.5 Å². The third-order valence-corrected chi connectivity index (χ3v) is 5.12. The van der Waals surface area contributed by atoms with Crippen LogP contribution in [0.15, 0.2) is 66.7 Å². The largest absolute Gasteiger partial charge is 0.334 e. The maximum atomic E-state index is 13.2. The van der Waals surface area contributed by atoms with Crippen molar-refractivity contribution in [3.05, 3.63) is 94.8 Å². The van der Waals surface area contributed by atoms with E-state index in [0.29, 0.717) is 24.3 Å². The monoisotopic (exact) mass is 403 g/mol. The van der Waals surface area contributed by atoms with Crippen molar-refractivity contribution >= 4 is 23.3 Å². The number of rotatable bonds is 4. The summed E-state index contributed by atoms with van der Waals surface area (Å²) in [5.74, 6) is -0.438. The molecular formula is C24H22FN3O2. The van der Waals surface area contributed by atoms with E-state index in [4.69, 9.17) is 0 Å². The van der Waals surface area contributed by atoms with Crippen LogP contribution in [0, 0.1) is 12.7 Å². The van der Waals surface area contributed by atoms with Gasteiger partial charge in [-0.05, 0) is 60.9 Å². The first kappa shape index (κ1) is 19.6. The maximum Gasteiger partial charge on any atom is 0.319 e. The van der Waals surface area contributed by atoms with E-state index in [9.17, 15) is 14.0 Å². The number of amides is 3. The van der Waals surface area contributed by atoms with Gasteiger partial charge in [0.1, 0.15) is 5.82 Å². The first-order valence-corrected chi connectivity index (χ1v) is 9.80. The van der Waals surface area contributed by atoms with E-state index < -0.39 is 11.8 Å². The third-order valence-electron chi connectivity index (χ3n) is 5.12. The molecule has 5 nitrogen and oxygen atoms in total. The molecule has 0 radical (unpaired) electrons. The SMILES string of the molecule is Cc1ccc(C(=O)N2CCc3ccc(CNC(=O)Nc4cccc(F)c4)cc32)cc1. The van der Waals surface area contributed by atoms with E-state index in [-0.39, 0.29) is 5.91 Å². The van der Waals surface area contributed by atoms with Crippen molar-refractivity contribution in [1.82, 2.24) is 5.32 Å². The Hall–Kier alpha value is -3.67. The summed E-state index contributed by atoms with van der Waals surface area (Å²) in [7, 11) is 0. The molecule has 0 saturated heterocycles. The molecule has 0 aromatic heterocycles. The minimum atomic E-state index is -0.423. The fourth-order valence-corrected chi connectivity index (χ4v) is 3.52. The molecule has 0 atom stereocenters. The predicted molar refractivity (Wildman–Crippen MR) is 115 cm³/mol. The molecule has 2 N–H and O–H groups in total. The molecule has 3 aromatic rings. The van der Waals surface area contributed by atoms with Gasteiger partial charge in [-0.1, -0.05) is 35.9 Å². The van der Waals surface area contributed by atoms with Crippen molar-refractivity contribution < 1.29 is 14.0 Å². The Morgan fingerprint density at radius 2 is 1.83 bits per heavy atom. The Kier molecular flexibility index (Phi) is 5.48. The summed E-state index contributed by atoms with van der Waals surface area (Å²) in [6, 6.07) is 18.7. The summed E-state index contributed by atoms with van der Waals surface area (Å²) in [6.07, 6.45) is 0.806. The molecule has 6 heteroatoms. The molecule has 3 amide bonds. The molecule has 0 bridgehead atoms. The number of anilines is 2. The predicted octanol–water partition coefficient (Wildman–Crippen LogP) is 4.66. The number of nitrogens with one attached hydrogen (secondary N) is 2. The molecule has 1 aliphatic rings. The lowest BCUT2D eigenvalue weighted by atomic mass is 10.1. The smallest absolute Gasteiger partial charge is 0.319 e. The van der Waals surface area contributed by atoms with Gasteiger partial charge in [0.2, 0.25) is 0 Å². The highest BCUT2D eigenvalue weighted by Gasteiger charge is 2.25. The van der Waals surface area contributed by atoms with Crippen LogP contribution in [0.5, 0.6) is 0 Å². The molecule has 0 unspecified atom stereocenters. The van der Waals surface area contributed by atoms with Crippen LogP contribution in [0.2, 0.25) is 0 Å². The minimum absolute atomic E-state index is 0.0253. The highest BCUT2D eigenvalue weighted by Crippen LogP contribution is 2.30.